The van der Waals surface area contributed by atoms with Crippen LogP contribution in [0.4, 0.5) is 4.79 Å². The van der Waals surface area contributed by atoms with Gasteiger partial charge in [0.05, 0.1) is 0 Å². The lowest BCUT2D eigenvalue weighted by Crippen LogP contribution is -2.49. The van der Waals surface area contributed by atoms with Crippen molar-refractivity contribution in [2.75, 3.05) is 0 Å². The molecule has 1 saturated carbocycles. The SMILES string of the molecule is O=C(O)CCC[C@@H](NC(=O)NC1CCCCC1)C(=O)O. The quantitative estimate of drug-likeness (QED) is 0.563. The minimum Gasteiger partial charge on any atom is -0.481 e. The molecule has 1 rings (SSSR count). The second-order valence-electron chi connectivity index (χ2n) is 5.13. The number of hydrogen-bond acceptors (Lipinski definition) is 3. The van der Waals surface area contributed by atoms with Gasteiger partial charge in [0.25, 0.3) is 0 Å². The van der Waals surface area contributed by atoms with Gasteiger partial charge in [0, 0.05) is 12.5 Å². The van der Waals surface area contributed by atoms with Crippen molar-refractivity contribution in [3.8, 4) is 0 Å². The Kier molecular flexibility index (Phi) is 6.83. The summed E-state index contributed by atoms with van der Waals surface area (Å²) in [7, 11) is 0. The molecule has 1 atom stereocenters. The third-order valence-electron chi connectivity index (χ3n) is 3.43. The molecule has 0 bridgehead atoms. The maximum atomic E-state index is 11.7. The minimum absolute atomic E-state index is 0.101. The van der Waals surface area contributed by atoms with Crippen LogP contribution in [0.3, 0.4) is 0 Å². The van der Waals surface area contributed by atoms with Crippen LogP contribution in [0.2, 0.25) is 0 Å². The van der Waals surface area contributed by atoms with Crippen molar-refractivity contribution >= 4 is 18.0 Å². The number of rotatable bonds is 7. The van der Waals surface area contributed by atoms with Crippen LogP contribution in [0.1, 0.15) is 51.4 Å². The van der Waals surface area contributed by atoms with Gasteiger partial charge < -0.3 is 20.8 Å². The van der Waals surface area contributed by atoms with Gasteiger partial charge in [-0.15, -0.1) is 0 Å². The van der Waals surface area contributed by atoms with Crippen LogP contribution in [0, 0.1) is 0 Å². The standard InChI is InChI=1S/C13H22N2O5/c16-11(17)8-4-7-10(12(18)19)15-13(20)14-9-5-2-1-3-6-9/h9-10H,1-8H2,(H,16,17)(H,18,19)(H2,14,15,20)/t10-/m1/s1. The number of urea groups is 1. The van der Waals surface area contributed by atoms with E-state index in [0.717, 1.165) is 25.7 Å². The molecule has 1 aliphatic rings. The highest BCUT2D eigenvalue weighted by molar-refractivity contribution is 5.82. The van der Waals surface area contributed by atoms with Crippen LogP contribution in [0.5, 0.6) is 0 Å². The molecular formula is C13H22N2O5. The number of aliphatic carboxylic acids is 2. The van der Waals surface area contributed by atoms with Gasteiger partial charge in [0.15, 0.2) is 0 Å². The fourth-order valence-corrected chi connectivity index (χ4v) is 2.35. The summed E-state index contributed by atoms with van der Waals surface area (Å²) in [5.74, 6) is -2.12. The Hall–Kier alpha value is -1.79. The summed E-state index contributed by atoms with van der Waals surface area (Å²) in [6.07, 6.45) is 5.39. The van der Waals surface area contributed by atoms with Crippen LogP contribution in [-0.4, -0.2) is 40.3 Å². The van der Waals surface area contributed by atoms with Crippen LogP contribution < -0.4 is 10.6 Å². The monoisotopic (exact) mass is 286 g/mol. The predicted molar refractivity (Wildman–Crippen MR) is 71.5 cm³/mol. The third kappa shape index (κ3) is 6.40. The lowest BCUT2D eigenvalue weighted by Gasteiger charge is -2.24. The minimum atomic E-state index is -1.14. The largest absolute Gasteiger partial charge is 0.481 e. The zero-order chi connectivity index (χ0) is 15.0. The van der Waals surface area contributed by atoms with Gasteiger partial charge in [0.2, 0.25) is 0 Å². The first-order valence-electron chi connectivity index (χ1n) is 7.00. The fourth-order valence-electron chi connectivity index (χ4n) is 2.35. The first-order chi connectivity index (χ1) is 9.49. The number of amides is 2. The Bertz CT molecular complexity index is 353. The van der Waals surface area contributed by atoms with Crippen LogP contribution in [0.25, 0.3) is 0 Å². The highest BCUT2D eigenvalue weighted by Gasteiger charge is 2.22. The molecule has 7 nitrogen and oxygen atoms in total. The van der Waals surface area contributed by atoms with Crippen molar-refractivity contribution in [1.82, 2.24) is 10.6 Å². The Morgan fingerprint density at radius 2 is 1.75 bits per heavy atom. The summed E-state index contributed by atoms with van der Waals surface area (Å²) in [5, 5.41) is 22.7. The molecule has 0 heterocycles. The Morgan fingerprint density at radius 3 is 2.30 bits per heavy atom. The lowest BCUT2D eigenvalue weighted by atomic mass is 9.96. The molecule has 1 aliphatic carbocycles. The van der Waals surface area contributed by atoms with E-state index in [1.807, 2.05) is 0 Å². The van der Waals surface area contributed by atoms with E-state index in [1.165, 1.54) is 6.42 Å². The number of carbonyl (C=O) groups is 3. The molecule has 7 heteroatoms. The first kappa shape index (κ1) is 16.3. The van der Waals surface area contributed by atoms with E-state index in [2.05, 4.69) is 10.6 Å². The molecule has 0 saturated heterocycles. The van der Waals surface area contributed by atoms with Gasteiger partial charge in [-0.25, -0.2) is 9.59 Å². The average molecular weight is 286 g/mol. The van der Waals surface area contributed by atoms with E-state index in [1.54, 1.807) is 0 Å². The third-order valence-corrected chi connectivity index (χ3v) is 3.43. The van der Waals surface area contributed by atoms with Crippen molar-refractivity contribution in [2.45, 2.75) is 63.5 Å². The van der Waals surface area contributed by atoms with E-state index < -0.39 is 24.0 Å². The number of carboxylic acids is 2. The number of hydrogen-bond donors (Lipinski definition) is 4. The first-order valence-corrected chi connectivity index (χ1v) is 7.00. The van der Waals surface area contributed by atoms with Gasteiger partial charge >= 0.3 is 18.0 Å². The van der Waals surface area contributed by atoms with Gasteiger partial charge in [0.1, 0.15) is 6.04 Å². The molecule has 2 amide bonds. The van der Waals surface area contributed by atoms with E-state index in [-0.39, 0.29) is 25.3 Å². The van der Waals surface area contributed by atoms with Crippen molar-refractivity contribution in [3.05, 3.63) is 0 Å². The Labute approximate surface area is 117 Å². The maximum Gasteiger partial charge on any atom is 0.326 e. The summed E-state index contributed by atoms with van der Waals surface area (Å²) in [6, 6.07) is -1.42. The molecule has 0 aliphatic heterocycles. The summed E-state index contributed by atoms with van der Waals surface area (Å²) in [6.45, 7) is 0. The molecule has 20 heavy (non-hydrogen) atoms. The topological polar surface area (TPSA) is 116 Å². The average Bonchev–Trinajstić information content (AvgIpc) is 2.38. The van der Waals surface area contributed by atoms with Crippen molar-refractivity contribution < 1.29 is 24.6 Å². The van der Waals surface area contributed by atoms with E-state index in [0.29, 0.717) is 0 Å². The summed E-state index contributed by atoms with van der Waals surface area (Å²) in [5.41, 5.74) is 0. The van der Waals surface area contributed by atoms with Gasteiger partial charge in [-0.05, 0) is 25.7 Å². The maximum absolute atomic E-state index is 11.7. The van der Waals surface area contributed by atoms with Crippen molar-refractivity contribution in [1.29, 1.82) is 0 Å². The molecule has 0 aromatic carbocycles. The highest BCUT2D eigenvalue weighted by Crippen LogP contribution is 2.17. The van der Waals surface area contributed by atoms with E-state index >= 15 is 0 Å². The van der Waals surface area contributed by atoms with Crippen molar-refractivity contribution in [3.63, 3.8) is 0 Å². The molecule has 0 unspecified atom stereocenters. The second kappa shape index (κ2) is 8.39. The number of nitrogens with one attached hydrogen (secondary N) is 2. The molecule has 1 fully saturated rings. The molecule has 114 valence electrons. The van der Waals surface area contributed by atoms with Gasteiger partial charge in [-0.3, -0.25) is 4.79 Å². The van der Waals surface area contributed by atoms with E-state index in [9.17, 15) is 14.4 Å². The molecular weight excluding hydrogens is 264 g/mol. The number of carboxylic acid groups (broad SMARTS) is 2. The zero-order valence-electron chi connectivity index (χ0n) is 11.4. The highest BCUT2D eigenvalue weighted by atomic mass is 16.4. The smallest absolute Gasteiger partial charge is 0.326 e. The molecule has 0 spiro atoms. The summed E-state index contributed by atoms with van der Waals surface area (Å²) < 4.78 is 0. The molecule has 4 N–H and O–H groups in total. The van der Waals surface area contributed by atoms with Crippen LogP contribution in [0.15, 0.2) is 0 Å². The number of carbonyl (C=O) groups excluding carboxylic acids is 1. The van der Waals surface area contributed by atoms with Gasteiger partial charge in [-0.1, -0.05) is 19.3 Å². The zero-order valence-corrected chi connectivity index (χ0v) is 11.4. The molecule has 0 radical (unpaired) electrons. The Morgan fingerprint density at radius 1 is 1.10 bits per heavy atom. The van der Waals surface area contributed by atoms with Gasteiger partial charge in [-0.2, -0.15) is 0 Å². The van der Waals surface area contributed by atoms with E-state index in [4.69, 9.17) is 10.2 Å². The second-order valence-corrected chi connectivity index (χ2v) is 5.13. The lowest BCUT2D eigenvalue weighted by molar-refractivity contribution is -0.140. The normalized spacial score (nSPS) is 17.2. The van der Waals surface area contributed by atoms with Crippen LogP contribution >= 0.6 is 0 Å². The predicted octanol–water partition coefficient (Wildman–Crippen LogP) is 1.33. The van der Waals surface area contributed by atoms with Crippen LogP contribution in [-0.2, 0) is 9.59 Å². The summed E-state index contributed by atoms with van der Waals surface area (Å²) in [4.78, 5) is 33.1. The Balaban J connectivity index is 2.33. The van der Waals surface area contributed by atoms with Crippen molar-refractivity contribution in [2.24, 2.45) is 0 Å². The fraction of sp³-hybridized carbons (Fsp3) is 0.769. The molecule has 0 aromatic heterocycles. The summed E-state index contributed by atoms with van der Waals surface area (Å²) >= 11 is 0. The molecule has 0 aromatic rings.